The summed E-state index contributed by atoms with van der Waals surface area (Å²) in [6.07, 6.45) is 2.00. The monoisotopic (exact) mass is 230 g/mol. The van der Waals surface area contributed by atoms with Crippen LogP contribution in [0.25, 0.3) is 0 Å². The lowest BCUT2D eigenvalue weighted by atomic mass is 10.1. The average molecular weight is 230 g/mol. The zero-order chi connectivity index (χ0) is 12.6. The quantitative estimate of drug-likeness (QED) is 0.634. The molecule has 3 N–H and O–H groups in total. The van der Waals surface area contributed by atoms with Crippen LogP contribution >= 0.6 is 0 Å². The van der Waals surface area contributed by atoms with Gasteiger partial charge >= 0.3 is 0 Å². The van der Waals surface area contributed by atoms with E-state index in [4.69, 9.17) is 5.73 Å². The van der Waals surface area contributed by atoms with E-state index in [9.17, 15) is 5.11 Å². The van der Waals surface area contributed by atoms with Gasteiger partial charge in [0.1, 0.15) is 0 Å². The van der Waals surface area contributed by atoms with Crippen LogP contribution < -0.4 is 5.73 Å². The number of aliphatic hydroxyl groups excluding tert-OH is 1. The number of hydrogen-bond acceptors (Lipinski definition) is 3. The van der Waals surface area contributed by atoms with Crippen molar-refractivity contribution in [1.29, 1.82) is 0 Å². The molecule has 0 aromatic heterocycles. The van der Waals surface area contributed by atoms with E-state index in [1.54, 1.807) is 0 Å². The van der Waals surface area contributed by atoms with Crippen LogP contribution in [0.2, 0.25) is 0 Å². The van der Waals surface area contributed by atoms with Crippen LogP contribution in [0.15, 0.2) is 0 Å². The Morgan fingerprint density at radius 2 is 1.44 bits per heavy atom. The molecular weight excluding hydrogens is 200 g/mol. The molecule has 3 nitrogen and oxygen atoms in total. The SMILES string of the molecule is CC(C)CCN(CCC(C)C)CC(O)CN. The maximum Gasteiger partial charge on any atom is 0.0789 e. The summed E-state index contributed by atoms with van der Waals surface area (Å²) in [5, 5.41) is 9.59. The molecule has 0 spiro atoms. The van der Waals surface area contributed by atoms with Crippen LogP contribution in [0, 0.1) is 11.8 Å². The van der Waals surface area contributed by atoms with Gasteiger partial charge in [0.25, 0.3) is 0 Å². The van der Waals surface area contributed by atoms with Crippen molar-refractivity contribution in [3.8, 4) is 0 Å². The van der Waals surface area contributed by atoms with Crippen molar-refractivity contribution in [3.05, 3.63) is 0 Å². The van der Waals surface area contributed by atoms with Gasteiger partial charge in [0.05, 0.1) is 6.10 Å². The summed E-state index contributed by atoms with van der Waals surface area (Å²) in [6, 6.07) is 0. The van der Waals surface area contributed by atoms with E-state index in [1.165, 1.54) is 12.8 Å². The summed E-state index contributed by atoms with van der Waals surface area (Å²) in [7, 11) is 0. The summed E-state index contributed by atoms with van der Waals surface area (Å²) < 4.78 is 0. The molecule has 0 aromatic rings. The highest BCUT2D eigenvalue weighted by atomic mass is 16.3. The van der Waals surface area contributed by atoms with Crippen molar-refractivity contribution >= 4 is 0 Å². The Morgan fingerprint density at radius 3 is 1.75 bits per heavy atom. The fourth-order valence-corrected chi connectivity index (χ4v) is 1.55. The van der Waals surface area contributed by atoms with E-state index in [0.29, 0.717) is 6.54 Å². The second kappa shape index (κ2) is 8.97. The molecule has 0 saturated heterocycles. The first-order valence-corrected chi connectivity index (χ1v) is 6.56. The van der Waals surface area contributed by atoms with E-state index in [-0.39, 0.29) is 6.10 Å². The van der Waals surface area contributed by atoms with Crippen molar-refractivity contribution in [3.63, 3.8) is 0 Å². The molecule has 0 aliphatic heterocycles. The van der Waals surface area contributed by atoms with Gasteiger partial charge in [-0.2, -0.15) is 0 Å². The second-order valence-corrected chi connectivity index (χ2v) is 5.56. The topological polar surface area (TPSA) is 49.5 Å². The van der Waals surface area contributed by atoms with E-state index >= 15 is 0 Å². The van der Waals surface area contributed by atoms with Crippen LogP contribution in [0.5, 0.6) is 0 Å². The standard InChI is InChI=1S/C13H30N2O/c1-11(2)5-7-15(8-6-12(3)4)10-13(16)9-14/h11-13,16H,5-10,14H2,1-4H3. The van der Waals surface area contributed by atoms with Crippen LogP contribution in [0.3, 0.4) is 0 Å². The first-order valence-electron chi connectivity index (χ1n) is 6.56. The average Bonchev–Trinajstić information content (AvgIpc) is 2.21. The lowest BCUT2D eigenvalue weighted by Crippen LogP contribution is -2.38. The maximum absolute atomic E-state index is 9.59. The van der Waals surface area contributed by atoms with Crippen LogP contribution in [0.1, 0.15) is 40.5 Å². The molecule has 0 rings (SSSR count). The Labute approximate surface area is 101 Å². The minimum Gasteiger partial charge on any atom is -0.390 e. The summed E-state index contributed by atoms with van der Waals surface area (Å²) in [4.78, 5) is 2.34. The first-order chi connectivity index (χ1) is 7.45. The van der Waals surface area contributed by atoms with Crippen molar-refractivity contribution in [2.45, 2.75) is 46.6 Å². The highest BCUT2D eigenvalue weighted by Crippen LogP contribution is 2.07. The molecule has 0 bridgehead atoms. The van der Waals surface area contributed by atoms with E-state index in [0.717, 1.165) is 31.5 Å². The lowest BCUT2D eigenvalue weighted by Gasteiger charge is -2.26. The fraction of sp³-hybridized carbons (Fsp3) is 1.00. The Morgan fingerprint density at radius 1 is 1.00 bits per heavy atom. The molecule has 0 heterocycles. The molecule has 0 aromatic carbocycles. The predicted octanol–water partition coefficient (Wildman–Crippen LogP) is 1.70. The Balaban J connectivity index is 3.94. The van der Waals surface area contributed by atoms with Gasteiger partial charge in [-0.1, -0.05) is 27.7 Å². The highest BCUT2D eigenvalue weighted by molar-refractivity contribution is 4.67. The lowest BCUT2D eigenvalue weighted by molar-refractivity contribution is 0.112. The largest absolute Gasteiger partial charge is 0.390 e. The maximum atomic E-state index is 9.59. The minimum atomic E-state index is -0.376. The van der Waals surface area contributed by atoms with Gasteiger partial charge in [0.2, 0.25) is 0 Å². The molecule has 98 valence electrons. The molecule has 16 heavy (non-hydrogen) atoms. The van der Waals surface area contributed by atoms with E-state index in [1.807, 2.05) is 0 Å². The number of nitrogens with zero attached hydrogens (tertiary/aromatic N) is 1. The van der Waals surface area contributed by atoms with E-state index in [2.05, 4.69) is 32.6 Å². The van der Waals surface area contributed by atoms with Crippen LogP contribution in [0.4, 0.5) is 0 Å². The molecular formula is C13H30N2O. The van der Waals surface area contributed by atoms with Crippen LogP contribution in [-0.4, -0.2) is 42.3 Å². The van der Waals surface area contributed by atoms with Gasteiger partial charge in [0.15, 0.2) is 0 Å². The van der Waals surface area contributed by atoms with Crippen molar-refractivity contribution in [2.75, 3.05) is 26.2 Å². The number of nitrogens with two attached hydrogens (primary N) is 1. The third-order valence-corrected chi connectivity index (χ3v) is 2.79. The van der Waals surface area contributed by atoms with Crippen molar-refractivity contribution in [2.24, 2.45) is 17.6 Å². The van der Waals surface area contributed by atoms with Crippen LogP contribution in [-0.2, 0) is 0 Å². The fourth-order valence-electron chi connectivity index (χ4n) is 1.55. The molecule has 0 aliphatic carbocycles. The minimum absolute atomic E-state index is 0.361. The zero-order valence-corrected chi connectivity index (χ0v) is 11.4. The number of hydrogen-bond donors (Lipinski definition) is 2. The predicted molar refractivity (Wildman–Crippen MR) is 70.4 cm³/mol. The van der Waals surface area contributed by atoms with Gasteiger partial charge < -0.3 is 15.7 Å². The molecule has 0 saturated carbocycles. The van der Waals surface area contributed by atoms with Crippen molar-refractivity contribution < 1.29 is 5.11 Å². The zero-order valence-electron chi connectivity index (χ0n) is 11.4. The molecule has 3 heteroatoms. The summed E-state index contributed by atoms with van der Waals surface area (Å²) in [5.74, 6) is 1.44. The van der Waals surface area contributed by atoms with Gasteiger partial charge in [0, 0.05) is 13.1 Å². The highest BCUT2D eigenvalue weighted by Gasteiger charge is 2.11. The van der Waals surface area contributed by atoms with Gasteiger partial charge in [-0.05, 0) is 37.8 Å². The van der Waals surface area contributed by atoms with Crippen molar-refractivity contribution in [1.82, 2.24) is 4.90 Å². The Bertz CT molecular complexity index is 148. The number of rotatable bonds is 9. The van der Waals surface area contributed by atoms with Gasteiger partial charge in [-0.25, -0.2) is 0 Å². The molecule has 1 unspecified atom stereocenters. The third kappa shape index (κ3) is 9.13. The number of aliphatic hydroxyl groups is 1. The van der Waals surface area contributed by atoms with E-state index < -0.39 is 0 Å². The Hall–Kier alpha value is -0.120. The Kier molecular flexibility index (Phi) is 8.90. The second-order valence-electron chi connectivity index (χ2n) is 5.56. The molecule has 0 fully saturated rings. The molecule has 1 atom stereocenters. The smallest absolute Gasteiger partial charge is 0.0789 e. The molecule has 0 radical (unpaired) electrons. The molecule has 0 amide bonds. The normalized spacial score (nSPS) is 14.1. The molecule has 0 aliphatic rings. The third-order valence-electron chi connectivity index (χ3n) is 2.79. The summed E-state index contributed by atoms with van der Waals surface area (Å²) in [6.45, 7) is 12.2. The van der Waals surface area contributed by atoms with Gasteiger partial charge in [-0.3, -0.25) is 0 Å². The summed E-state index contributed by atoms with van der Waals surface area (Å²) in [5.41, 5.74) is 5.46. The first kappa shape index (κ1) is 15.9. The van der Waals surface area contributed by atoms with Gasteiger partial charge in [-0.15, -0.1) is 0 Å². The summed E-state index contributed by atoms with van der Waals surface area (Å²) >= 11 is 0.